The first-order chi connectivity index (χ1) is 12.5. The van der Waals surface area contributed by atoms with Crippen molar-refractivity contribution in [3.63, 3.8) is 0 Å². The topological polar surface area (TPSA) is 0 Å². The molecule has 0 aromatic heterocycles. The van der Waals surface area contributed by atoms with Gasteiger partial charge in [-0.3, -0.25) is 0 Å². The lowest BCUT2D eigenvalue weighted by Gasteiger charge is -2.52. The second-order valence-corrected chi connectivity index (χ2v) is 8.25. The minimum atomic E-state index is -7.21. The second kappa shape index (κ2) is 5.78. The molecule has 0 unspecified atom stereocenters. The van der Waals surface area contributed by atoms with Gasteiger partial charge in [0.1, 0.15) is 0 Å². The predicted octanol–water partition coefficient (Wildman–Crippen LogP) is 6.96. The summed E-state index contributed by atoms with van der Waals surface area (Å²) in [4.78, 5) is 0. The molecule has 0 heterocycles. The zero-order valence-electron chi connectivity index (χ0n) is 15.8. The summed E-state index contributed by atoms with van der Waals surface area (Å²) in [6.07, 6.45) is 0. The van der Waals surface area contributed by atoms with Crippen LogP contribution in [0.1, 0.15) is 43.0 Å². The van der Waals surface area contributed by atoms with Crippen molar-refractivity contribution in [2.75, 3.05) is 0 Å². The fourth-order valence-corrected chi connectivity index (χ4v) is 3.42. The molecule has 0 amide bonds. The Morgan fingerprint density at radius 1 is 0.586 bits per heavy atom. The van der Waals surface area contributed by atoms with Crippen molar-refractivity contribution in [3.05, 3.63) is 34.4 Å². The van der Waals surface area contributed by atoms with E-state index >= 15 is 4.39 Å². The standard InChI is InChI=1S/C18H17F11/c1-8-6-10(7-11(9(8)2)12(3,4)5)13(19)14(20,21)16(24,25)18(28,29)17(26,27)15(13,22)23/h6-7H,1-5H3. The van der Waals surface area contributed by atoms with Crippen molar-refractivity contribution in [1.29, 1.82) is 0 Å². The lowest BCUT2D eigenvalue weighted by atomic mass is 9.67. The maximum Gasteiger partial charge on any atom is 0.384 e. The normalized spacial score (nSPS) is 26.2. The number of benzene rings is 1. The van der Waals surface area contributed by atoms with Gasteiger partial charge in [0, 0.05) is 5.56 Å². The maximum absolute atomic E-state index is 15.3. The first-order valence-electron chi connectivity index (χ1n) is 8.23. The molecule has 1 saturated carbocycles. The van der Waals surface area contributed by atoms with Gasteiger partial charge in [-0.1, -0.05) is 32.9 Å². The summed E-state index contributed by atoms with van der Waals surface area (Å²) in [5.41, 5.74) is -9.05. The van der Waals surface area contributed by atoms with E-state index in [0.717, 1.165) is 6.92 Å². The number of hydrogen-bond donors (Lipinski definition) is 0. The van der Waals surface area contributed by atoms with Crippen LogP contribution < -0.4 is 0 Å². The molecule has 0 spiro atoms. The van der Waals surface area contributed by atoms with Gasteiger partial charge in [-0.25, -0.2) is 4.39 Å². The number of hydrogen-bond acceptors (Lipinski definition) is 0. The summed E-state index contributed by atoms with van der Waals surface area (Å²) in [5, 5.41) is 0. The van der Waals surface area contributed by atoms with Crippen molar-refractivity contribution in [2.24, 2.45) is 0 Å². The molecule has 0 atom stereocenters. The minimum absolute atomic E-state index is 0.0832. The van der Waals surface area contributed by atoms with Gasteiger partial charge in [-0.15, -0.1) is 0 Å². The van der Waals surface area contributed by atoms with Crippen LogP contribution in [0.2, 0.25) is 0 Å². The Morgan fingerprint density at radius 3 is 1.28 bits per heavy atom. The molecule has 0 radical (unpaired) electrons. The zero-order valence-corrected chi connectivity index (χ0v) is 15.8. The summed E-state index contributed by atoms with van der Waals surface area (Å²) >= 11 is 0. The van der Waals surface area contributed by atoms with E-state index in [1.807, 2.05) is 0 Å². The van der Waals surface area contributed by atoms with E-state index in [4.69, 9.17) is 0 Å². The molecule has 1 aromatic rings. The lowest BCUT2D eigenvalue weighted by Crippen LogP contribution is -2.82. The molecule has 1 fully saturated rings. The first-order valence-corrected chi connectivity index (χ1v) is 8.23. The lowest BCUT2D eigenvalue weighted by molar-refractivity contribution is -0.489. The third kappa shape index (κ3) is 2.44. The Morgan fingerprint density at radius 2 is 0.931 bits per heavy atom. The highest BCUT2D eigenvalue weighted by Crippen LogP contribution is 2.72. The monoisotopic (exact) mass is 442 g/mol. The van der Waals surface area contributed by atoms with Gasteiger partial charge >= 0.3 is 29.6 Å². The van der Waals surface area contributed by atoms with E-state index in [1.54, 1.807) is 0 Å². The van der Waals surface area contributed by atoms with E-state index in [-0.39, 0.29) is 22.8 Å². The largest absolute Gasteiger partial charge is 0.384 e. The summed E-state index contributed by atoms with van der Waals surface area (Å²) in [5.74, 6) is -35.2. The molecular weight excluding hydrogens is 425 g/mol. The van der Waals surface area contributed by atoms with Crippen LogP contribution in [-0.2, 0) is 11.1 Å². The van der Waals surface area contributed by atoms with Crippen LogP contribution in [0, 0.1) is 13.8 Å². The molecule has 0 bridgehead atoms. The molecule has 0 nitrogen and oxygen atoms in total. The fraction of sp³-hybridized carbons (Fsp3) is 0.667. The number of halogens is 11. The fourth-order valence-electron chi connectivity index (χ4n) is 3.42. The highest BCUT2D eigenvalue weighted by molar-refractivity contribution is 5.47. The Hall–Kier alpha value is -1.55. The van der Waals surface area contributed by atoms with Crippen LogP contribution in [0.5, 0.6) is 0 Å². The molecule has 11 heteroatoms. The van der Waals surface area contributed by atoms with Crippen molar-refractivity contribution >= 4 is 0 Å². The first kappa shape index (κ1) is 23.7. The summed E-state index contributed by atoms with van der Waals surface area (Å²) in [6, 6.07) is 0.585. The molecular formula is C18H17F11. The number of rotatable bonds is 1. The molecule has 29 heavy (non-hydrogen) atoms. The van der Waals surface area contributed by atoms with Gasteiger partial charge < -0.3 is 0 Å². The zero-order chi connectivity index (χ0) is 23.2. The average molecular weight is 442 g/mol. The van der Waals surface area contributed by atoms with Crippen molar-refractivity contribution in [1.82, 2.24) is 0 Å². The van der Waals surface area contributed by atoms with Gasteiger partial charge in [-0.2, -0.15) is 43.9 Å². The van der Waals surface area contributed by atoms with Crippen molar-refractivity contribution < 1.29 is 48.3 Å². The van der Waals surface area contributed by atoms with Gasteiger partial charge in [0.2, 0.25) is 0 Å². The van der Waals surface area contributed by atoms with Gasteiger partial charge in [-0.05, 0) is 36.0 Å². The van der Waals surface area contributed by atoms with E-state index < -0.39 is 46.3 Å². The molecule has 0 aliphatic heterocycles. The third-order valence-electron chi connectivity index (χ3n) is 5.32. The third-order valence-corrected chi connectivity index (χ3v) is 5.32. The second-order valence-electron chi connectivity index (χ2n) is 8.25. The van der Waals surface area contributed by atoms with Crippen LogP contribution >= 0.6 is 0 Å². The molecule has 2 rings (SSSR count). The summed E-state index contributed by atoms with van der Waals surface area (Å²) in [6.45, 7) is 6.84. The quantitative estimate of drug-likeness (QED) is 0.413. The molecule has 0 N–H and O–H groups in total. The van der Waals surface area contributed by atoms with Crippen LogP contribution in [-0.4, -0.2) is 29.6 Å². The minimum Gasteiger partial charge on any atom is -0.225 e. The number of aryl methyl sites for hydroxylation is 1. The Balaban J connectivity index is 3.02. The number of alkyl halides is 11. The van der Waals surface area contributed by atoms with Crippen molar-refractivity contribution in [3.8, 4) is 0 Å². The highest BCUT2D eigenvalue weighted by Gasteiger charge is 3.01. The van der Waals surface area contributed by atoms with Gasteiger partial charge in [0.15, 0.2) is 0 Å². The average Bonchev–Trinajstić information content (AvgIpc) is 2.53. The molecule has 1 aromatic carbocycles. The summed E-state index contributed by atoms with van der Waals surface area (Å²) < 4.78 is 154. The summed E-state index contributed by atoms with van der Waals surface area (Å²) in [7, 11) is 0. The predicted molar refractivity (Wildman–Crippen MR) is 82.1 cm³/mol. The van der Waals surface area contributed by atoms with E-state index in [9.17, 15) is 43.9 Å². The Labute approximate surface area is 159 Å². The van der Waals surface area contributed by atoms with Crippen molar-refractivity contribution in [2.45, 2.75) is 75.3 Å². The molecule has 166 valence electrons. The maximum atomic E-state index is 15.3. The van der Waals surface area contributed by atoms with Crippen LogP contribution in [0.3, 0.4) is 0 Å². The Bertz CT molecular complexity index is 801. The molecule has 1 aliphatic carbocycles. The van der Waals surface area contributed by atoms with Crippen LogP contribution in [0.25, 0.3) is 0 Å². The van der Waals surface area contributed by atoms with E-state index in [0.29, 0.717) is 6.07 Å². The van der Waals surface area contributed by atoms with E-state index in [2.05, 4.69) is 0 Å². The molecule has 1 aliphatic rings. The Kier molecular flexibility index (Phi) is 4.73. The van der Waals surface area contributed by atoms with Crippen LogP contribution in [0.15, 0.2) is 12.1 Å². The van der Waals surface area contributed by atoms with Crippen LogP contribution in [0.4, 0.5) is 48.3 Å². The smallest absolute Gasteiger partial charge is 0.225 e. The van der Waals surface area contributed by atoms with Gasteiger partial charge in [0.05, 0.1) is 0 Å². The highest BCUT2D eigenvalue weighted by atomic mass is 19.4. The molecule has 0 saturated heterocycles. The van der Waals surface area contributed by atoms with Gasteiger partial charge in [0.25, 0.3) is 5.67 Å². The van der Waals surface area contributed by atoms with E-state index in [1.165, 1.54) is 27.7 Å². The SMILES string of the molecule is Cc1cc(C2(F)C(F)(F)C(F)(F)C(F)(F)C(F)(F)C2(F)F)cc(C(C)(C)C)c1C.